The smallest absolute Gasteiger partial charge is 0.360 e. The standard InChI is InChI=1S/C18H25F3N4O2/c1-3-13(2)22-17(27)23-16(26)12-24-7-9-25(10-8-24)15-6-4-5-14(11-15)18(19,20)21/h4-6,11,13H,3,7-10,12H2,1-2H3,(H2,22,23,26,27)/p+1/t13-/m0/s1. The lowest BCUT2D eigenvalue weighted by molar-refractivity contribution is -0.892. The van der Waals surface area contributed by atoms with E-state index in [1.54, 1.807) is 6.07 Å². The Labute approximate surface area is 156 Å². The van der Waals surface area contributed by atoms with E-state index in [1.165, 1.54) is 6.07 Å². The Morgan fingerprint density at radius 3 is 2.52 bits per heavy atom. The van der Waals surface area contributed by atoms with Crippen LogP contribution in [-0.2, 0) is 11.0 Å². The van der Waals surface area contributed by atoms with Crippen LogP contribution in [0, 0.1) is 0 Å². The predicted molar refractivity (Wildman–Crippen MR) is 95.6 cm³/mol. The van der Waals surface area contributed by atoms with Gasteiger partial charge in [-0.3, -0.25) is 10.1 Å². The highest BCUT2D eigenvalue weighted by Crippen LogP contribution is 2.31. The first-order chi connectivity index (χ1) is 12.7. The second kappa shape index (κ2) is 9.07. The molecule has 1 heterocycles. The van der Waals surface area contributed by atoms with Crippen LogP contribution in [0.4, 0.5) is 23.7 Å². The van der Waals surface area contributed by atoms with Crippen LogP contribution in [0.5, 0.6) is 0 Å². The van der Waals surface area contributed by atoms with Crippen molar-refractivity contribution < 1.29 is 27.7 Å². The van der Waals surface area contributed by atoms with Crippen molar-refractivity contribution >= 4 is 17.6 Å². The Balaban J connectivity index is 1.82. The topological polar surface area (TPSA) is 65.9 Å². The highest BCUT2D eigenvalue weighted by atomic mass is 19.4. The van der Waals surface area contributed by atoms with Crippen molar-refractivity contribution in [1.82, 2.24) is 10.6 Å². The van der Waals surface area contributed by atoms with Gasteiger partial charge in [0.15, 0.2) is 6.54 Å². The summed E-state index contributed by atoms with van der Waals surface area (Å²) in [6, 6.07) is 4.75. The lowest BCUT2D eigenvalue weighted by Crippen LogP contribution is -3.16. The van der Waals surface area contributed by atoms with E-state index in [1.807, 2.05) is 18.7 Å². The molecule has 1 aromatic carbocycles. The van der Waals surface area contributed by atoms with Gasteiger partial charge in [0.1, 0.15) is 0 Å². The van der Waals surface area contributed by atoms with Gasteiger partial charge in [0, 0.05) is 11.7 Å². The number of hydrogen-bond acceptors (Lipinski definition) is 3. The maximum absolute atomic E-state index is 12.8. The first-order valence-corrected chi connectivity index (χ1v) is 9.05. The fraction of sp³-hybridized carbons (Fsp3) is 0.556. The number of benzene rings is 1. The lowest BCUT2D eigenvalue weighted by Gasteiger charge is -2.33. The van der Waals surface area contributed by atoms with E-state index in [-0.39, 0.29) is 18.5 Å². The summed E-state index contributed by atoms with van der Waals surface area (Å²) >= 11 is 0. The molecule has 0 aromatic heterocycles. The van der Waals surface area contributed by atoms with E-state index >= 15 is 0 Å². The first-order valence-electron chi connectivity index (χ1n) is 9.05. The quantitative estimate of drug-likeness (QED) is 0.707. The summed E-state index contributed by atoms with van der Waals surface area (Å²) < 4.78 is 38.5. The number of anilines is 1. The van der Waals surface area contributed by atoms with Crippen LogP contribution in [0.15, 0.2) is 24.3 Å². The molecule has 3 amide bonds. The van der Waals surface area contributed by atoms with Gasteiger partial charge in [0.25, 0.3) is 5.91 Å². The van der Waals surface area contributed by atoms with E-state index < -0.39 is 17.8 Å². The molecule has 27 heavy (non-hydrogen) atoms. The molecular formula is C18H26F3N4O2+. The van der Waals surface area contributed by atoms with Gasteiger partial charge in [-0.15, -0.1) is 0 Å². The molecule has 0 aliphatic carbocycles. The first kappa shape index (κ1) is 21.0. The molecule has 1 aliphatic heterocycles. The molecule has 1 fully saturated rings. The van der Waals surface area contributed by atoms with E-state index in [2.05, 4.69) is 10.6 Å². The molecule has 1 saturated heterocycles. The molecule has 9 heteroatoms. The lowest BCUT2D eigenvalue weighted by atomic mass is 10.1. The minimum Gasteiger partial charge on any atom is -0.360 e. The van der Waals surface area contributed by atoms with Crippen LogP contribution in [0.3, 0.4) is 0 Å². The Hall–Kier alpha value is -2.29. The third-order valence-corrected chi connectivity index (χ3v) is 4.66. The molecule has 0 saturated carbocycles. The molecule has 1 aromatic rings. The summed E-state index contributed by atoms with van der Waals surface area (Å²) in [5.41, 5.74) is -0.136. The highest BCUT2D eigenvalue weighted by Gasteiger charge is 2.31. The Morgan fingerprint density at radius 2 is 1.93 bits per heavy atom. The number of halogens is 3. The van der Waals surface area contributed by atoms with Gasteiger partial charge >= 0.3 is 12.2 Å². The molecule has 3 N–H and O–H groups in total. The number of carbonyl (C=O) groups excluding carboxylic acids is 2. The Kier molecular flexibility index (Phi) is 7.06. The number of nitrogens with zero attached hydrogens (tertiary/aromatic N) is 1. The van der Waals surface area contributed by atoms with Crippen LogP contribution in [0.25, 0.3) is 0 Å². The molecule has 1 atom stereocenters. The summed E-state index contributed by atoms with van der Waals surface area (Å²) in [6.07, 6.45) is -3.60. The molecule has 1 aliphatic rings. The maximum atomic E-state index is 12.8. The fourth-order valence-electron chi connectivity index (χ4n) is 2.90. The predicted octanol–water partition coefficient (Wildman–Crippen LogP) is 1.03. The number of quaternary nitrogens is 1. The second-order valence-corrected chi connectivity index (χ2v) is 6.79. The number of carbonyl (C=O) groups is 2. The largest absolute Gasteiger partial charge is 0.416 e. The molecule has 150 valence electrons. The molecule has 0 bridgehead atoms. The van der Waals surface area contributed by atoms with Crippen LogP contribution in [-0.4, -0.2) is 50.7 Å². The summed E-state index contributed by atoms with van der Waals surface area (Å²) in [5.74, 6) is -0.363. The number of piperazine rings is 1. The highest BCUT2D eigenvalue weighted by molar-refractivity contribution is 5.94. The molecule has 0 unspecified atom stereocenters. The summed E-state index contributed by atoms with van der Waals surface area (Å²) in [5, 5.41) is 4.97. The normalized spacial score (nSPS) is 16.7. The van der Waals surface area contributed by atoms with Gasteiger partial charge in [-0.2, -0.15) is 13.2 Å². The van der Waals surface area contributed by atoms with Gasteiger partial charge in [-0.1, -0.05) is 13.0 Å². The summed E-state index contributed by atoms with van der Waals surface area (Å²) in [4.78, 5) is 26.5. The minimum atomic E-state index is -4.36. The van der Waals surface area contributed by atoms with Gasteiger partial charge in [0.05, 0.1) is 31.7 Å². The van der Waals surface area contributed by atoms with Crippen molar-refractivity contribution in [3.63, 3.8) is 0 Å². The van der Waals surface area contributed by atoms with E-state index in [9.17, 15) is 22.8 Å². The molecule has 0 radical (unpaired) electrons. The molecule has 6 nitrogen and oxygen atoms in total. The number of alkyl halides is 3. The number of rotatable bonds is 5. The monoisotopic (exact) mass is 387 g/mol. The zero-order valence-corrected chi connectivity index (χ0v) is 15.5. The molecule has 2 rings (SSSR count). The number of hydrogen-bond donors (Lipinski definition) is 3. The van der Waals surface area contributed by atoms with Gasteiger partial charge < -0.3 is 15.1 Å². The average molecular weight is 387 g/mol. The molecular weight excluding hydrogens is 361 g/mol. The third kappa shape index (κ3) is 6.42. The van der Waals surface area contributed by atoms with Crippen molar-refractivity contribution in [2.45, 2.75) is 32.5 Å². The minimum absolute atomic E-state index is 0.0128. The summed E-state index contributed by atoms with van der Waals surface area (Å²) in [6.45, 7) is 6.24. The van der Waals surface area contributed by atoms with E-state index in [4.69, 9.17) is 0 Å². The zero-order valence-electron chi connectivity index (χ0n) is 15.5. The van der Waals surface area contributed by atoms with Crippen LogP contribution in [0.2, 0.25) is 0 Å². The van der Waals surface area contributed by atoms with Crippen LogP contribution < -0.4 is 20.4 Å². The number of imide groups is 1. The van der Waals surface area contributed by atoms with Crippen molar-refractivity contribution in [3.8, 4) is 0 Å². The zero-order chi connectivity index (χ0) is 20.0. The number of urea groups is 1. The number of amides is 3. The summed E-state index contributed by atoms with van der Waals surface area (Å²) in [7, 11) is 0. The van der Waals surface area contributed by atoms with Gasteiger partial charge in [-0.25, -0.2) is 4.79 Å². The van der Waals surface area contributed by atoms with Gasteiger partial charge in [-0.05, 0) is 31.5 Å². The van der Waals surface area contributed by atoms with Gasteiger partial charge in [0.2, 0.25) is 0 Å². The van der Waals surface area contributed by atoms with Crippen LogP contribution >= 0.6 is 0 Å². The Bertz CT molecular complexity index is 658. The fourth-order valence-corrected chi connectivity index (χ4v) is 2.90. The average Bonchev–Trinajstić information content (AvgIpc) is 2.61. The van der Waals surface area contributed by atoms with Crippen molar-refractivity contribution in [2.24, 2.45) is 0 Å². The molecule has 0 spiro atoms. The SMILES string of the molecule is CC[C@H](C)NC(=O)NC(=O)C[NH+]1CCN(c2cccc(C(F)(F)F)c2)CC1. The number of nitrogens with one attached hydrogen (secondary N) is 3. The van der Waals surface area contributed by atoms with Crippen LogP contribution in [0.1, 0.15) is 25.8 Å². The van der Waals surface area contributed by atoms with Crippen molar-refractivity contribution in [3.05, 3.63) is 29.8 Å². The second-order valence-electron chi connectivity index (χ2n) is 6.79. The third-order valence-electron chi connectivity index (χ3n) is 4.66. The van der Waals surface area contributed by atoms with Crippen molar-refractivity contribution in [1.29, 1.82) is 0 Å². The van der Waals surface area contributed by atoms with E-state index in [0.29, 0.717) is 31.9 Å². The van der Waals surface area contributed by atoms with Crippen molar-refractivity contribution in [2.75, 3.05) is 37.6 Å². The maximum Gasteiger partial charge on any atom is 0.416 e. The Morgan fingerprint density at radius 1 is 1.26 bits per heavy atom. The van der Waals surface area contributed by atoms with E-state index in [0.717, 1.165) is 23.5 Å².